The molecule has 1 aromatic rings. The minimum atomic E-state index is -1.22. The van der Waals surface area contributed by atoms with E-state index in [1.54, 1.807) is 13.8 Å². The maximum Gasteiger partial charge on any atom is 0.130 e. The van der Waals surface area contributed by atoms with Crippen molar-refractivity contribution in [2.75, 3.05) is 0 Å². The second kappa shape index (κ2) is 5.14. The number of aryl methyl sites for hydroxylation is 2. The molecule has 0 aliphatic carbocycles. The SMILES string of the molecule is CC.Cc1ccc(C(C)(C)F)cc1C. The van der Waals surface area contributed by atoms with E-state index in [0.29, 0.717) is 0 Å². The Morgan fingerprint density at radius 2 is 1.50 bits per heavy atom. The van der Waals surface area contributed by atoms with Gasteiger partial charge in [-0.3, -0.25) is 0 Å². The summed E-state index contributed by atoms with van der Waals surface area (Å²) in [6.45, 7) is 11.2. The molecule has 80 valence electrons. The van der Waals surface area contributed by atoms with E-state index >= 15 is 0 Å². The van der Waals surface area contributed by atoms with Gasteiger partial charge in [-0.1, -0.05) is 32.0 Å². The summed E-state index contributed by atoms with van der Waals surface area (Å²) in [5.41, 5.74) is 1.89. The van der Waals surface area contributed by atoms with Crippen molar-refractivity contribution in [2.24, 2.45) is 0 Å². The molecular weight excluding hydrogens is 175 g/mol. The highest BCUT2D eigenvalue weighted by atomic mass is 19.1. The van der Waals surface area contributed by atoms with Crippen LogP contribution in [-0.4, -0.2) is 0 Å². The largest absolute Gasteiger partial charge is 0.239 e. The van der Waals surface area contributed by atoms with Gasteiger partial charge in [-0.05, 0) is 44.4 Å². The monoisotopic (exact) mass is 196 g/mol. The van der Waals surface area contributed by atoms with Crippen LogP contribution in [0.15, 0.2) is 18.2 Å². The summed E-state index contributed by atoms with van der Waals surface area (Å²) in [7, 11) is 0. The zero-order valence-electron chi connectivity index (χ0n) is 10.1. The molecule has 0 N–H and O–H groups in total. The number of hydrogen-bond acceptors (Lipinski definition) is 0. The molecule has 0 saturated heterocycles. The first-order valence-corrected chi connectivity index (χ1v) is 5.18. The zero-order valence-corrected chi connectivity index (χ0v) is 10.1. The second-order valence-corrected chi connectivity index (χ2v) is 3.77. The first kappa shape index (κ1) is 13.2. The van der Waals surface area contributed by atoms with Crippen LogP contribution in [0.2, 0.25) is 0 Å². The molecular formula is C13H21F. The Labute approximate surface area is 87.2 Å². The first-order chi connectivity index (χ1) is 6.41. The van der Waals surface area contributed by atoms with Gasteiger partial charge < -0.3 is 0 Å². The fourth-order valence-corrected chi connectivity index (χ4v) is 1.11. The molecule has 1 rings (SSSR count). The van der Waals surface area contributed by atoms with Gasteiger partial charge in [-0.2, -0.15) is 0 Å². The normalized spacial score (nSPS) is 10.5. The van der Waals surface area contributed by atoms with Crippen LogP contribution >= 0.6 is 0 Å². The van der Waals surface area contributed by atoms with Crippen LogP contribution in [0.4, 0.5) is 4.39 Å². The average Bonchev–Trinajstić information content (AvgIpc) is 2.11. The number of halogens is 1. The Bertz CT molecular complexity index is 282. The van der Waals surface area contributed by atoms with E-state index in [2.05, 4.69) is 0 Å². The highest BCUT2D eigenvalue weighted by Crippen LogP contribution is 2.25. The molecule has 0 fully saturated rings. The van der Waals surface area contributed by atoms with Crippen molar-refractivity contribution in [3.05, 3.63) is 34.9 Å². The fourth-order valence-electron chi connectivity index (χ4n) is 1.11. The van der Waals surface area contributed by atoms with Crippen LogP contribution in [0.5, 0.6) is 0 Å². The molecule has 0 aromatic heterocycles. The van der Waals surface area contributed by atoms with Gasteiger partial charge in [-0.15, -0.1) is 0 Å². The lowest BCUT2D eigenvalue weighted by Crippen LogP contribution is -2.09. The van der Waals surface area contributed by atoms with Crippen LogP contribution in [0.3, 0.4) is 0 Å². The van der Waals surface area contributed by atoms with Crippen molar-refractivity contribution in [1.29, 1.82) is 0 Å². The van der Waals surface area contributed by atoms with E-state index in [1.807, 2.05) is 45.9 Å². The van der Waals surface area contributed by atoms with Crippen LogP contribution in [0.25, 0.3) is 0 Å². The Morgan fingerprint density at radius 3 is 1.86 bits per heavy atom. The molecule has 1 aromatic carbocycles. The Balaban J connectivity index is 0.000000791. The van der Waals surface area contributed by atoms with E-state index in [0.717, 1.165) is 11.1 Å². The minimum absolute atomic E-state index is 0.755. The van der Waals surface area contributed by atoms with Crippen LogP contribution in [-0.2, 0) is 5.67 Å². The number of hydrogen-bond donors (Lipinski definition) is 0. The first-order valence-electron chi connectivity index (χ1n) is 5.18. The molecule has 1 heteroatoms. The highest BCUT2D eigenvalue weighted by molar-refractivity contribution is 5.32. The van der Waals surface area contributed by atoms with Crippen molar-refractivity contribution in [3.8, 4) is 0 Å². The molecule has 0 radical (unpaired) electrons. The summed E-state index contributed by atoms with van der Waals surface area (Å²) in [5, 5.41) is 0. The average molecular weight is 196 g/mol. The summed E-state index contributed by atoms with van der Waals surface area (Å²) >= 11 is 0. The predicted octanol–water partition coefficient (Wildman–Crippen LogP) is 4.53. The lowest BCUT2D eigenvalue weighted by molar-refractivity contribution is 0.221. The molecule has 0 spiro atoms. The van der Waals surface area contributed by atoms with Crippen molar-refractivity contribution in [1.82, 2.24) is 0 Å². The van der Waals surface area contributed by atoms with Gasteiger partial charge >= 0.3 is 0 Å². The molecule has 0 aliphatic rings. The molecule has 0 heterocycles. The lowest BCUT2D eigenvalue weighted by atomic mass is 9.96. The van der Waals surface area contributed by atoms with Crippen molar-refractivity contribution in [3.63, 3.8) is 0 Å². The highest BCUT2D eigenvalue weighted by Gasteiger charge is 2.18. The summed E-state index contributed by atoms with van der Waals surface area (Å²) < 4.78 is 13.4. The summed E-state index contributed by atoms with van der Waals surface area (Å²) in [6, 6.07) is 5.73. The van der Waals surface area contributed by atoms with E-state index in [9.17, 15) is 4.39 Å². The van der Waals surface area contributed by atoms with Crippen LogP contribution < -0.4 is 0 Å². The van der Waals surface area contributed by atoms with E-state index in [4.69, 9.17) is 0 Å². The van der Waals surface area contributed by atoms with Crippen LogP contribution in [0, 0.1) is 13.8 Å². The Hall–Kier alpha value is -0.850. The summed E-state index contributed by atoms with van der Waals surface area (Å²) in [5.74, 6) is 0. The third kappa shape index (κ3) is 3.49. The van der Waals surface area contributed by atoms with Gasteiger partial charge in [0.2, 0.25) is 0 Å². The van der Waals surface area contributed by atoms with Gasteiger partial charge in [0.1, 0.15) is 5.67 Å². The number of benzene rings is 1. The molecule has 0 saturated carbocycles. The molecule has 0 amide bonds. The number of alkyl halides is 1. The van der Waals surface area contributed by atoms with Gasteiger partial charge in [0.05, 0.1) is 0 Å². The van der Waals surface area contributed by atoms with E-state index in [-0.39, 0.29) is 0 Å². The van der Waals surface area contributed by atoms with Gasteiger partial charge in [0.15, 0.2) is 0 Å². The van der Waals surface area contributed by atoms with E-state index < -0.39 is 5.67 Å². The summed E-state index contributed by atoms with van der Waals surface area (Å²) in [4.78, 5) is 0. The topological polar surface area (TPSA) is 0 Å². The Kier molecular flexibility index (Phi) is 4.82. The standard InChI is InChI=1S/C11H15F.C2H6/c1-8-5-6-10(7-9(8)2)11(3,4)12;1-2/h5-7H,1-4H3;1-2H3. The third-order valence-corrected chi connectivity index (χ3v) is 2.19. The minimum Gasteiger partial charge on any atom is -0.239 e. The third-order valence-electron chi connectivity index (χ3n) is 2.19. The summed E-state index contributed by atoms with van der Waals surface area (Å²) in [6.07, 6.45) is 0. The lowest BCUT2D eigenvalue weighted by Gasteiger charge is -2.15. The molecule has 0 unspecified atom stereocenters. The maximum atomic E-state index is 13.4. The van der Waals surface area contributed by atoms with Crippen molar-refractivity contribution in [2.45, 2.75) is 47.2 Å². The van der Waals surface area contributed by atoms with Crippen molar-refractivity contribution >= 4 is 0 Å². The molecule has 0 nitrogen and oxygen atoms in total. The van der Waals surface area contributed by atoms with Gasteiger partial charge in [-0.25, -0.2) is 4.39 Å². The molecule has 0 bridgehead atoms. The number of rotatable bonds is 1. The Morgan fingerprint density at radius 1 is 1.00 bits per heavy atom. The van der Waals surface area contributed by atoms with E-state index in [1.165, 1.54) is 5.56 Å². The zero-order chi connectivity index (χ0) is 11.4. The fraction of sp³-hybridized carbons (Fsp3) is 0.538. The predicted molar refractivity (Wildman–Crippen MR) is 61.4 cm³/mol. The second-order valence-electron chi connectivity index (χ2n) is 3.77. The maximum absolute atomic E-state index is 13.4. The molecule has 14 heavy (non-hydrogen) atoms. The molecule has 0 aliphatic heterocycles. The van der Waals surface area contributed by atoms with Crippen LogP contribution in [0.1, 0.15) is 44.4 Å². The van der Waals surface area contributed by atoms with Crippen molar-refractivity contribution < 1.29 is 4.39 Å². The van der Waals surface area contributed by atoms with Gasteiger partial charge in [0.25, 0.3) is 0 Å². The smallest absolute Gasteiger partial charge is 0.130 e. The molecule has 0 atom stereocenters. The quantitative estimate of drug-likeness (QED) is 0.619. The van der Waals surface area contributed by atoms with Gasteiger partial charge in [0, 0.05) is 0 Å².